The largest absolute Gasteiger partial charge is 0.397 e. The first-order valence-corrected chi connectivity index (χ1v) is 7.00. The Kier molecular flexibility index (Phi) is 4.58. The average molecular weight is 283 g/mol. The van der Waals surface area contributed by atoms with E-state index in [1.165, 1.54) is 5.56 Å². The Bertz CT molecular complexity index is 605. The first-order valence-electron chi connectivity index (χ1n) is 7.00. The lowest BCUT2D eigenvalue weighted by Crippen LogP contribution is -2.31. The summed E-state index contributed by atoms with van der Waals surface area (Å²) in [5.41, 5.74) is 9.27. The molecular formula is C17H21N3O. The molecule has 2 N–H and O–H groups in total. The monoisotopic (exact) mass is 283 g/mol. The number of rotatable bonds is 4. The smallest absolute Gasteiger partial charge is 0.228 e. The van der Waals surface area contributed by atoms with Crippen LogP contribution in [0.3, 0.4) is 0 Å². The molecular weight excluding hydrogens is 262 g/mol. The summed E-state index contributed by atoms with van der Waals surface area (Å²) in [6, 6.07) is 11.8. The second-order valence-corrected chi connectivity index (χ2v) is 5.35. The van der Waals surface area contributed by atoms with Gasteiger partial charge < -0.3 is 10.6 Å². The summed E-state index contributed by atoms with van der Waals surface area (Å²) >= 11 is 0. The van der Waals surface area contributed by atoms with Gasteiger partial charge in [0.2, 0.25) is 5.91 Å². The summed E-state index contributed by atoms with van der Waals surface area (Å²) in [5, 5.41) is 0. The van der Waals surface area contributed by atoms with Gasteiger partial charge in [-0.3, -0.25) is 9.78 Å². The van der Waals surface area contributed by atoms with Gasteiger partial charge in [0.1, 0.15) is 0 Å². The first-order chi connectivity index (χ1) is 9.97. The number of nitrogen functional groups attached to an aromatic ring is 1. The normalized spacial score (nSPS) is 12.0. The van der Waals surface area contributed by atoms with Crippen molar-refractivity contribution in [3.63, 3.8) is 0 Å². The predicted octanol–water partition coefficient (Wildman–Crippen LogP) is 2.73. The third-order valence-electron chi connectivity index (χ3n) is 3.71. The molecule has 4 heteroatoms. The van der Waals surface area contributed by atoms with Crippen molar-refractivity contribution < 1.29 is 4.79 Å². The van der Waals surface area contributed by atoms with Crippen molar-refractivity contribution in [3.05, 3.63) is 59.4 Å². The number of carbonyl (C=O) groups excluding carboxylic acids is 1. The Morgan fingerprint density at radius 1 is 1.24 bits per heavy atom. The van der Waals surface area contributed by atoms with Crippen molar-refractivity contribution in [1.29, 1.82) is 0 Å². The van der Waals surface area contributed by atoms with E-state index in [2.05, 4.69) is 36.2 Å². The van der Waals surface area contributed by atoms with Crippen LogP contribution in [-0.4, -0.2) is 22.8 Å². The van der Waals surface area contributed by atoms with E-state index in [1.807, 2.05) is 14.0 Å². The fraction of sp³-hybridized carbons (Fsp3) is 0.294. The zero-order valence-corrected chi connectivity index (χ0v) is 12.7. The Morgan fingerprint density at radius 2 is 1.90 bits per heavy atom. The van der Waals surface area contributed by atoms with Crippen molar-refractivity contribution in [2.75, 3.05) is 12.8 Å². The van der Waals surface area contributed by atoms with Gasteiger partial charge in [-0.1, -0.05) is 29.8 Å². The average Bonchev–Trinajstić information content (AvgIpc) is 2.49. The number of aromatic nitrogens is 1. The molecule has 2 aromatic rings. The molecule has 0 radical (unpaired) electrons. The molecule has 1 heterocycles. The van der Waals surface area contributed by atoms with Crippen LogP contribution in [0.4, 0.5) is 5.69 Å². The van der Waals surface area contributed by atoms with E-state index in [4.69, 9.17) is 5.73 Å². The molecule has 0 aliphatic heterocycles. The number of anilines is 1. The second-order valence-electron chi connectivity index (χ2n) is 5.35. The summed E-state index contributed by atoms with van der Waals surface area (Å²) in [6.07, 6.45) is 1.86. The molecule has 1 amide bonds. The summed E-state index contributed by atoms with van der Waals surface area (Å²) < 4.78 is 0. The SMILES string of the molecule is Cc1ccc(C(C)N(C)C(=O)Cc2ccc(N)cn2)cc1. The third-order valence-corrected chi connectivity index (χ3v) is 3.71. The van der Waals surface area contributed by atoms with Crippen molar-refractivity contribution in [1.82, 2.24) is 9.88 Å². The number of benzene rings is 1. The molecule has 0 saturated heterocycles. The standard InChI is InChI=1S/C17H21N3O/c1-12-4-6-14(7-5-12)13(2)20(3)17(21)10-16-9-8-15(18)11-19-16/h4-9,11,13H,10,18H2,1-3H3. The predicted molar refractivity (Wildman–Crippen MR) is 84.7 cm³/mol. The Hall–Kier alpha value is -2.36. The lowest BCUT2D eigenvalue weighted by molar-refractivity contribution is -0.131. The topological polar surface area (TPSA) is 59.2 Å². The van der Waals surface area contributed by atoms with E-state index in [9.17, 15) is 4.79 Å². The minimum Gasteiger partial charge on any atom is -0.397 e. The van der Waals surface area contributed by atoms with Gasteiger partial charge in [0.05, 0.1) is 24.3 Å². The van der Waals surface area contributed by atoms with E-state index >= 15 is 0 Å². The molecule has 0 fully saturated rings. The van der Waals surface area contributed by atoms with Crippen LogP contribution in [-0.2, 0) is 11.2 Å². The first kappa shape index (κ1) is 15.0. The minimum absolute atomic E-state index is 0.0341. The van der Waals surface area contributed by atoms with Crippen LogP contribution < -0.4 is 5.73 Å². The maximum atomic E-state index is 12.3. The molecule has 2 rings (SSSR count). The number of amides is 1. The zero-order valence-electron chi connectivity index (χ0n) is 12.7. The quantitative estimate of drug-likeness (QED) is 0.938. The van der Waals surface area contributed by atoms with E-state index in [-0.39, 0.29) is 18.4 Å². The summed E-state index contributed by atoms with van der Waals surface area (Å²) in [5.74, 6) is 0.0420. The highest BCUT2D eigenvalue weighted by atomic mass is 16.2. The highest BCUT2D eigenvalue weighted by Gasteiger charge is 2.17. The van der Waals surface area contributed by atoms with Crippen LogP contribution in [0.1, 0.15) is 29.8 Å². The van der Waals surface area contributed by atoms with Crippen LogP contribution in [0, 0.1) is 6.92 Å². The Balaban J connectivity index is 2.04. The van der Waals surface area contributed by atoms with Gasteiger partial charge in [0.15, 0.2) is 0 Å². The van der Waals surface area contributed by atoms with Gasteiger partial charge in [-0.05, 0) is 31.5 Å². The number of hydrogen-bond acceptors (Lipinski definition) is 3. The van der Waals surface area contributed by atoms with Crippen LogP contribution in [0.2, 0.25) is 0 Å². The van der Waals surface area contributed by atoms with Crippen molar-refractivity contribution >= 4 is 11.6 Å². The van der Waals surface area contributed by atoms with E-state index < -0.39 is 0 Å². The van der Waals surface area contributed by atoms with Crippen molar-refractivity contribution in [3.8, 4) is 0 Å². The maximum absolute atomic E-state index is 12.3. The van der Waals surface area contributed by atoms with Crippen LogP contribution >= 0.6 is 0 Å². The van der Waals surface area contributed by atoms with Gasteiger partial charge >= 0.3 is 0 Å². The number of aryl methyl sites for hydroxylation is 1. The summed E-state index contributed by atoms with van der Waals surface area (Å²) in [4.78, 5) is 18.3. The molecule has 1 aromatic heterocycles. The highest BCUT2D eigenvalue weighted by Crippen LogP contribution is 2.20. The third kappa shape index (κ3) is 3.81. The molecule has 0 spiro atoms. The minimum atomic E-state index is 0.0341. The Labute approximate surface area is 125 Å². The summed E-state index contributed by atoms with van der Waals surface area (Å²) in [7, 11) is 1.82. The van der Waals surface area contributed by atoms with Crippen molar-refractivity contribution in [2.45, 2.75) is 26.3 Å². The summed E-state index contributed by atoms with van der Waals surface area (Å²) in [6.45, 7) is 4.08. The van der Waals surface area contributed by atoms with Gasteiger partial charge in [-0.15, -0.1) is 0 Å². The van der Waals surface area contributed by atoms with Gasteiger partial charge in [0, 0.05) is 12.7 Å². The van der Waals surface area contributed by atoms with Gasteiger partial charge in [0.25, 0.3) is 0 Å². The lowest BCUT2D eigenvalue weighted by Gasteiger charge is -2.25. The highest BCUT2D eigenvalue weighted by molar-refractivity contribution is 5.78. The van der Waals surface area contributed by atoms with Crippen LogP contribution in [0.25, 0.3) is 0 Å². The molecule has 21 heavy (non-hydrogen) atoms. The van der Waals surface area contributed by atoms with E-state index in [0.29, 0.717) is 5.69 Å². The molecule has 1 unspecified atom stereocenters. The number of pyridine rings is 1. The second kappa shape index (κ2) is 6.39. The molecule has 110 valence electrons. The molecule has 0 bridgehead atoms. The Morgan fingerprint density at radius 3 is 2.48 bits per heavy atom. The van der Waals surface area contributed by atoms with E-state index in [1.54, 1.807) is 23.2 Å². The number of nitrogens with zero attached hydrogens (tertiary/aromatic N) is 2. The molecule has 1 atom stereocenters. The molecule has 0 saturated carbocycles. The molecule has 4 nitrogen and oxygen atoms in total. The van der Waals surface area contributed by atoms with Crippen LogP contribution in [0.5, 0.6) is 0 Å². The fourth-order valence-corrected chi connectivity index (χ4v) is 2.10. The number of hydrogen-bond donors (Lipinski definition) is 1. The number of likely N-dealkylation sites (N-methyl/N-ethyl adjacent to an activating group) is 1. The van der Waals surface area contributed by atoms with E-state index in [0.717, 1.165) is 11.3 Å². The van der Waals surface area contributed by atoms with Crippen LogP contribution in [0.15, 0.2) is 42.6 Å². The molecule has 1 aromatic carbocycles. The number of nitrogens with two attached hydrogens (primary N) is 1. The molecule has 0 aliphatic rings. The van der Waals surface area contributed by atoms with Gasteiger partial charge in [-0.25, -0.2) is 0 Å². The maximum Gasteiger partial charge on any atom is 0.228 e. The number of carbonyl (C=O) groups is 1. The van der Waals surface area contributed by atoms with Crippen molar-refractivity contribution in [2.24, 2.45) is 0 Å². The van der Waals surface area contributed by atoms with Gasteiger partial charge in [-0.2, -0.15) is 0 Å². The molecule has 0 aliphatic carbocycles. The zero-order chi connectivity index (χ0) is 15.4. The fourth-order valence-electron chi connectivity index (χ4n) is 2.10. The lowest BCUT2D eigenvalue weighted by atomic mass is 10.1.